The number of rotatable bonds is 7. The van der Waals surface area contributed by atoms with Crippen molar-refractivity contribution in [3.05, 3.63) is 18.0 Å². The third-order valence-electron chi connectivity index (χ3n) is 5.70. The molecule has 2 aliphatic rings. The summed E-state index contributed by atoms with van der Waals surface area (Å²) < 4.78 is 2.07. The lowest BCUT2D eigenvalue weighted by Gasteiger charge is -2.38. The van der Waals surface area contributed by atoms with E-state index in [4.69, 9.17) is 0 Å². The molecule has 0 amide bonds. The van der Waals surface area contributed by atoms with E-state index in [9.17, 15) is 0 Å². The maximum absolute atomic E-state index is 4.47. The third kappa shape index (κ3) is 3.18. The molecule has 0 aliphatic heterocycles. The average Bonchev–Trinajstić information content (AvgIpc) is 3.13. The molecule has 0 radical (unpaired) electrons. The van der Waals surface area contributed by atoms with Crippen molar-refractivity contribution in [2.24, 2.45) is 23.2 Å². The van der Waals surface area contributed by atoms with E-state index in [0.29, 0.717) is 5.41 Å². The molecule has 0 spiro atoms. The summed E-state index contributed by atoms with van der Waals surface area (Å²) in [5.41, 5.74) is 1.94. The summed E-state index contributed by atoms with van der Waals surface area (Å²) in [6.07, 6.45) is 11.4. The van der Waals surface area contributed by atoms with Gasteiger partial charge in [-0.2, -0.15) is 5.10 Å². The van der Waals surface area contributed by atoms with Gasteiger partial charge in [-0.3, -0.25) is 4.68 Å². The molecule has 1 heterocycles. The van der Waals surface area contributed by atoms with Crippen LogP contribution >= 0.6 is 0 Å². The van der Waals surface area contributed by atoms with Crippen LogP contribution in [0.5, 0.6) is 0 Å². The molecule has 3 unspecified atom stereocenters. The fourth-order valence-corrected chi connectivity index (χ4v) is 4.74. The fraction of sp³-hybridized carbons (Fsp3) is 0.833. The molecule has 2 aliphatic carbocycles. The van der Waals surface area contributed by atoms with Crippen LogP contribution in [0.1, 0.15) is 52.0 Å². The van der Waals surface area contributed by atoms with Crippen LogP contribution in [-0.2, 0) is 13.0 Å². The van der Waals surface area contributed by atoms with Crippen LogP contribution in [0.25, 0.3) is 0 Å². The van der Waals surface area contributed by atoms with Gasteiger partial charge in [-0.1, -0.05) is 20.3 Å². The van der Waals surface area contributed by atoms with Crippen LogP contribution < -0.4 is 5.32 Å². The molecular weight excluding hydrogens is 258 g/mol. The summed E-state index contributed by atoms with van der Waals surface area (Å²) in [4.78, 5) is 0. The van der Waals surface area contributed by atoms with Gasteiger partial charge in [0.1, 0.15) is 0 Å². The molecule has 0 aromatic carbocycles. The maximum atomic E-state index is 4.47. The van der Waals surface area contributed by atoms with Gasteiger partial charge in [-0.15, -0.1) is 0 Å². The Kier molecular flexibility index (Phi) is 4.39. The van der Waals surface area contributed by atoms with Crippen LogP contribution in [0, 0.1) is 23.2 Å². The lowest BCUT2D eigenvalue weighted by Crippen LogP contribution is -2.41. The Labute approximate surface area is 129 Å². The second-order valence-corrected chi connectivity index (χ2v) is 7.85. The minimum atomic E-state index is 0.499. The Morgan fingerprint density at radius 3 is 2.86 bits per heavy atom. The first-order valence-corrected chi connectivity index (χ1v) is 8.83. The summed E-state index contributed by atoms with van der Waals surface area (Å²) in [7, 11) is 0. The zero-order valence-corrected chi connectivity index (χ0v) is 13.9. The van der Waals surface area contributed by atoms with E-state index in [1.165, 1.54) is 44.2 Å². The van der Waals surface area contributed by atoms with Gasteiger partial charge in [0, 0.05) is 19.3 Å². The number of aryl methyl sites for hydroxylation is 1. The van der Waals surface area contributed by atoms with Crippen molar-refractivity contribution in [3.8, 4) is 0 Å². The summed E-state index contributed by atoms with van der Waals surface area (Å²) in [5.74, 6) is 2.67. The molecule has 0 saturated heterocycles. The van der Waals surface area contributed by atoms with E-state index in [1.807, 2.05) is 0 Å². The van der Waals surface area contributed by atoms with Crippen LogP contribution in [0.15, 0.2) is 12.4 Å². The monoisotopic (exact) mass is 289 g/mol. The van der Waals surface area contributed by atoms with Crippen molar-refractivity contribution in [2.45, 2.75) is 59.4 Å². The third-order valence-corrected chi connectivity index (χ3v) is 5.70. The van der Waals surface area contributed by atoms with E-state index in [-0.39, 0.29) is 0 Å². The van der Waals surface area contributed by atoms with Crippen LogP contribution in [0.3, 0.4) is 0 Å². The second kappa shape index (κ2) is 6.12. The molecule has 3 rings (SSSR count). The van der Waals surface area contributed by atoms with Gasteiger partial charge in [0.15, 0.2) is 0 Å². The van der Waals surface area contributed by atoms with E-state index in [1.54, 1.807) is 0 Å². The van der Waals surface area contributed by atoms with E-state index >= 15 is 0 Å². The van der Waals surface area contributed by atoms with Gasteiger partial charge in [-0.25, -0.2) is 0 Å². The largest absolute Gasteiger partial charge is 0.316 e. The number of nitrogens with zero attached hydrogens (tertiary/aromatic N) is 2. The predicted octanol–water partition coefficient (Wildman–Crippen LogP) is 3.50. The molecule has 21 heavy (non-hydrogen) atoms. The van der Waals surface area contributed by atoms with Gasteiger partial charge in [0.05, 0.1) is 6.20 Å². The standard InChI is InChI=1S/C18H31N3/c1-4-21-12-16(11-20-21)9-18(13-19-10-14(2)3)8-15-5-6-17(18)7-15/h11-12,14-15,17,19H,4-10,13H2,1-3H3. The summed E-state index contributed by atoms with van der Waals surface area (Å²) in [6.45, 7) is 10.1. The van der Waals surface area contributed by atoms with Gasteiger partial charge in [0.25, 0.3) is 0 Å². The highest BCUT2D eigenvalue weighted by Crippen LogP contribution is 2.57. The Balaban J connectivity index is 1.70. The zero-order valence-electron chi connectivity index (χ0n) is 13.9. The molecule has 3 atom stereocenters. The van der Waals surface area contributed by atoms with Crippen molar-refractivity contribution in [1.29, 1.82) is 0 Å². The van der Waals surface area contributed by atoms with Gasteiger partial charge in [-0.05, 0) is 67.9 Å². The highest BCUT2D eigenvalue weighted by Gasteiger charge is 2.50. The van der Waals surface area contributed by atoms with Crippen molar-refractivity contribution in [1.82, 2.24) is 15.1 Å². The van der Waals surface area contributed by atoms with Crippen molar-refractivity contribution in [3.63, 3.8) is 0 Å². The van der Waals surface area contributed by atoms with Crippen molar-refractivity contribution >= 4 is 0 Å². The molecule has 1 aromatic rings. The fourth-order valence-electron chi connectivity index (χ4n) is 4.74. The SMILES string of the molecule is CCn1cc(CC2(CNCC(C)C)CC3CCC2C3)cn1. The van der Waals surface area contributed by atoms with E-state index in [0.717, 1.165) is 30.8 Å². The first-order chi connectivity index (χ1) is 10.1. The molecular formula is C18H31N3. The summed E-state index contributed by atoms with van der Waals surface area (Å²) in [6, 6.07) is 0. The van der Waals surface area contributed by atoms with Gasteiger partial charge < -0.3 is 5.32 Å². The lowest BCUT2D eigenvalue weighted by atomic mass is 9.69. The highest BCUT2D eigenvalue weighted by atomic mass is 15.3. The van der Waals surface area contributed by atoms with Gasteiger partial charge in [0.2, 0.25) is 0 Å². The first-order valence-electron chi connectivity index (χ1n) is 8.83. The number of hydrogen-bond donors (Lipinski definition) is 1. The van der Waals surface area contributed by atoms with Crippen LogP contribution in [0.2, 0.25) is 0 Å². The minimum Gasteiger partial charge on any atom is -0.316 e. The average molecular weight is 289 g/mol. The number of nitrogens with one attached hydrogen (secondary N) is 1. The number of fused-ring (bicyclic) bond motifs is 2. The zero-order chi connectivity index (χ0) is 14.9. The Morgan fingerprint density at radius 2 is 2.29 bits per heavy atom. The number of hydrogen-bond acceptors (Lipinski definition) is 2. The van der Waals surface area contributed by atoms with Crippen molar-refractivity contribution in [2.75, 3.05) is 13.1 Å². The van der Waals surface area contributed by atoms with Gasteiger partial charge >= 0.3 is 0 Å². The summed E-state index contributed by atoms with van der Waals surface area (Å²) >= 11 is 0. The summed E-state index contributed by atoms with van der Waals surface area (Å²) in [5, 5.41) is 8.24. The molecule has 1 aromatic heterocycles. The Bertz CT molecular complexity index is 465. The molecule has 2 bridgehead atoms. The van der Waals surface area contributed by atoms with E-state index < -0.39 is 0 Å². The highest BCUT2D eigenvalue weighted by molar-refractivity contribution is 5.13. The van der Waals surface area contributed by atoms with Crippen LogP contribution in [-0.4, -0.2) is 22.9 Å². The first kappa shape index (κ1) is 15.1. The maximum Gasteiger partial charge on any atom is 0.0521 e. The normalized spacial score (nSPS) is 31.4. The molecule has 2 saturated carbocycles. The van der Waals surface area contributed by atoms with E-state index in [2.05, 4.69) is 48.3 Å². The lowest BCUT2D eigenvalue weighted by molar-refractivity contribution is 0.155. The smallest absolute Gasteiger partial charge is 0.0521 e. The second-order valence-electron chi connectivity index (χ2n) is 7.85. The topological polar surface area (TPSA) is 29.9 Å². The molecule has 1 N–H and O–H groups in total. The Morgan fingerprint density at radius 1 is 1.43 bits per heavy atom. The predicted molar refractivity (Wildman–Crippen MR) is 87.2 cm³/mol. The quantitative estimate of drug-likeness (QED) is 0.832. The molecule has 118 valence electrons. The van der Waals surface area contributed by atoms with Crippen molar-refractivity contribution < 1.29 is 0 Å². The molecule has 3 nitrogen and oxygen atoms in total. The molecule has 2 fully saturated rings. The van der Waals surface area contributed by atoms with Crippen LogP contribution in [0.4, 0.5) is 0 Å². The number of aromatic nitrogens is 2. The molecule has 3 heteroatoms. The Hall–Kier alpha value is -0.830. The minimum absolute atomic E-state index is 0.499.